The Bertz CT molecular complexity index is 517. The van der Waals surface area contributed by atoms with Gasteiger partial charge in [-0.25, -0.2) is 0 Å². The molecule has 2 N–H and O–H groups in total. The van der Waals surface area contributed by atoms with Crippen LogP contribution in [0.4, 0.5) is 0 Å². The van der Waals surface area contributed by atoms with Crippen molar-refractivity contribution in [2.45, 2.75) is 19.4 Å². The smallest absolute Gasteiger partial charge is 0.258 e. The molecule has 0 radical (unpaired) electrons. The molecule has 0 spiro atoms. The van der Waals surface area contributed by atoms with E-state index in [9.17, 15) is 4.79 Å². The van der Waals surface area contributed by atoms with Crippen molar-refractivity contribution in [3.63, 3.8) is 0 Å². The lowest BCUT2D eigenvalue weighted by molar-refractivity contribution is -0.123. The van der Waals surface area contributed by atoms with Crippen LogP contribution in [0.5, 0.6) is 0 Å². The molecule has 1 saturated heterocycles. The molecule has 102 valence electrons. The van der Waals surface area contributed by atoms with Crippen LogP contribution in [0.3, 0.4) is 0 Å². The number of aromatic nitrogens is 2. The summed E-state index contributed by atoms with van der Waals surface area (Å²) in [5.41, 5.74) is 0.375. The molecule has 0 saturated carbocycles. The lowest BCUT2D eigenvalue weighted by Gasteiger charge is -2.21. The summed E-state index contributed by atoms with van der Waals surface area (Å²) < 4.78 is 4.91. The fourth-order valence-electron chi connectivity index (χ4n) is 1.95. The number of ether oxygens (including phenoxy) is 1. The lowest BCUT2D eigenvalue weighted by Crippen LogP contribution is -2.42. The molecule has 7 nitrogen and oxygen atoms in total. The lowest BCUT2D eigenvalue weighted by atomic mass is 9.96. The van der Waals surface area contributed by atoms with Gasteiger partial charge in [-0.1, -0.05) is 0 Å². The number of nitrogens with one attached hydrogen (secondary N) is 2. The van der Waals surface area contributed by atoms with Crippen molar-refractivity contribution in [3.8, 4) is 0 Å². The molecule has 1 unspecified atom stereocenters. The first-order valence-electron chi connectivity index (χ1n) is 5.99. The largest absolute Gasteiger partial charge is 0.383 e. The fourth-order valence-corrected chi connectivity index (χ4v) is 1.95. The minimum Gasteiger partial charge on any atom is -0.383 e. The maximum atomic E-state index is 12.1. The van der Waals surface area contributed by atoms with E-state index >= 15 is 0 Å². The second kappa shape index (κ2) is 5.31. The predicted molar refractivity (Wildman–Crippen MR) is 69.6 cm³/mol. The SMILES string of the molecule is COCCN=C1NC(=O)C(C)(c2nccnc2C)N1. The van der Waals surface area contributed by atoms with Crippen molar-refractivity contribution in [2.75, 3.05) is 20.3 Å². The summed E-state index contributed by atoms with van der Waals surface area (Å²) in [5.74, 6) is 0.252. The summed E-state index contributed by atoms with van der Waals surface area (Å²) >= 11 is 0. The monoisotopic (exact) mass is 263 g/mol. The summed E-state index contributed by atoms with van der Waals surface area (Å²) in [6, 6.07) is 0. The molecule has 1 aromatic rings. The van der Waals surface area contributed by atoms with Gasteiger partial charge in [-0.05, 0) is 13.8 Å². The molecule has 1 aromatic heterocycles. The van der Waals surface area contributed by atoms with Crippen LogP contribution < -0.4 is 10.6 Å². The number of hydrogen-bond acceptors (Lipinski definition) is 5. The van der Waals surface area contributed by atoms with Gasteiger partial charge in [0.1, 0.15) is 0 Å². The van der Waals surface area contributed by atoms with Crippen LogP contribution >= 0.6 is 0 Å². The Morgan fingerprint density at radius 2 is 2.16 bits per heavy atom. The van der Waals surface area contributed by atoms with Crippen LogP contribution in [0.15, 0.2) is 17.4 Å². The molecule has 1 aliphatic rings. The first kappa shape index (κ1) is 13.4. The summed E-state index contributed by atoms with van der Waals surface area (Å²) in [5, 5.41) is 5.77. The number of methoxy groups -OCH3 is 1. The first-order chi connectivity index (χ1) is 9.08. The van der Waals surface area contributed by atoms with Gasteiger partial charge in [0.15, 0.2) is 11.5 Å². The third-order valence-electron chi connectivity index (χ3n) is 2.97. The molecule has 2 rings (SSSR count). The van der Waals surface area contributed by atoms with Crippen molar-refractivity contribution < 1.29 is 9.53 Å². The fraction of sp³-hybridized carbons (Fsp3) is 0.500. The van der Waals surface area contributed by atoms with E-state index in [1.165, 1.54) is 0 Å². The van der Waals surface area contributed by atoms with Crippen LogP contribution in [0.2, 0.25) is 0 Å². The van der Waals surface area contributed by atoms with E-state index in [-0.39, 0.29) is 5.91 Å². The van der Waals surface area contributed by atoms with Gasteiger partial charge in [-0.15, -0.1) is 0 Å². The van der Waals surface area contributed by atoms with E-state index in [1.807, 2.05) is 6.92 Å². The van der Waals surface area contributed by atoms with Gasteiger partial charge >= 0.3 is 0 Å². The molecular weight excluding hydrogens is 246 g/mol. The molecular formula is C12H17N5O2. The Morgan fingerprint density at radius 1 is 1.42 bits per heavy atom. The zero-order chi connectivity index (χ0) is 13.9. The third kappa shape index (κ3) is 2.55. The van der Waals surface area contributed by atoms with Crippen LogP contribution in [-0.2, 0) is 15.1 Å². The summed E-state index contributed by atoms with van der Waals surface area (Å²) in [7, 11) is 1.61. The minimum absolute atomic E-state index is 0.188. The Balaban J connectivity index is 2.23. The van der Waals surface area contributed by atoms with Gasteiger partial charge in [-0.3, -0.25) is 25.1 Å². The Kier molecular flexibility index (Phi) is 3.75. The maximum Gasteiger partial charge on any atom is 0.258 e. The normalized spacial score (nSPS) is 24.4. The predicted octanol–water partition coefficient (Wildman–Crippen LogP) is -0.278. The van der Waals surface area contributed by atoms with Gasteiger partial charge in [0.05, 0.1) is 24.5 Å². The highest BCUT2D eigenvalue weighted by molar-refractivity contribution is 6.09. The second-order valence-electron chi connectivity index (χ2n) is 4.42. The van der Waals surface area contributed by atoms with Gasteiger partial charge in [0, 0.05) is 19.5 Å². The summed E-state index contributed by atoms with van der Waals surface area (Å²) in [6.45, 7) is 4.57. The van der Waals surface area contributed by atoms with E-state index in [2.05, 4.69) is 25.6 Å². The van der Waals surface area contributed by atoms with E-state index in [0.29, 0.717) is 30.5 Å². The van der Waals surface area contributed by atoms with Crippen molar-refractivity contribution >= 4 is 11.9 Å². The average Bonchev–Trinajstić information content (AvgIpc) is 2.67. The van der Waals surface area contributed by atoms with Crippen molar-refractivity contribution in [1.29, 1.82) is 0 Å². The molecule has 1 amide bonds. The van der Waals surface area contributed by atoms with Gasteiger partial charge in [-0.2, -0.15) is 0 Å². The number of nitrogens with zero attached hydrogens (tertiary/aromatic N) is 3. The molecule has 0 aliphatic carbocycles. The number of carbonyl (C=O) groups excluding carboxylic acids is 1. The number of hydrogen-bond donors (Lipinski definition) is 2. The molecule has 0 bridgehead atoms. The zero-order valence-corrected chi connectivity index (χ0v) is 11.2. The molecule has 7 heteroatoms. The quantitative estimate of drug-likeness (QED) is 0.730. The van der Waals surface area contributed by atoms with Gasteiger partial charge in [0.25, 0.3) is 5.91 Å². The molecule has 1 aliphatic heterocycles. The van der Waals surface area contributed by atoms with Crippen molar-refractivity contribution in [2.24, 2.45) is 4.99 Å². The van der Waals surface area contributed by atoms with E-state index in [4.69, 9.17) is 4.74 Å². The number of carbonyl (C=O) groups is 1. The van der Waals surface area contributed by atoms with Crippen LogP contribution in [0.1, 0.15) is 18.3 Å². The second-order valence-corrected chi connectivity index (χ2v) is 4.42. The number of amides is 1. The average molecular weight is 263 g/mol. The van der Waals surface area contributed by atoms with Crippen LogP contribution in [0.25, 0.3) is 0 Å². The third-order valence-corrected chi connectivity index (χ3v) is 2.97. The van der Waals surface area contributed by atoms with Crippen molar-refractivity contribution in [3.05, 3.63) is 23.8 Å². The molecule has 0 aromatic carbocycles. The van der Waals surface area contributed by atoms with E-state index < -0.39 is 5.54 Å². The Hall–Kier alpha value is -2.02. The van der Waals surface area contributed by atoms with E-state index in [0.717, 1.165) is 0 Å². The number of guanidine groups is 1. The highest BCUT2D eigenvalue weighted by Gasteiger charge is 2.44. The zero-order valence-electron chi connectivity index (χ0n) is 11.2. The summed E-state index contributed by atoms with van der Waals surface area (Å²) in [4.78, 5) is 24.8. The maximum absolute atomic E-state index is 12.1. The Morgan fingerprint density at radius 3 is 2.84 bits per heavy atom. The Labute approximate surface area is 111 Å². The molecule has 19 heavy (non-hydrogen) atoms. The topological polar surface area (TPSA) is 88.5 Å². The number of rotatable bonds is 4. The van der Waals surface area contributed by atoms with Gasteiger partial charge < -0.3 is 10.1 Å². The standard InChI is InChI=1S/C12H17N5O2/c1-8-9(14-5-4-13-8)12(2)10(18)16-11(17-12)15-6-7-19-3/h4-5H,6-7H2,1-3H3,(H2,15,16,17,18). The molecule has 2 heterocycles. The molecule has 1 atom stereocenters. The van der Waals surface area contributed by atoms with Crippen LogP contribution in [-0.4, -0.2) is 42.1 Å². The summed E-state index contributed by atoms with van der Waals surface area (Å²) in [6.07, 6.45) is 3.17. The first-order valence-corrected chi connectivity index (χ1v) is 5.99. The number of aryl methyl sites for hydroxylation is 1. The molecule has 1 fully saturated rings. The van der Waals surface area contributed by atoms with Crippen LogP contribution in [0, 0.1) is 6.92 Å². The van der Waals surface area contributed by atoms with Gasteiger partial charge in [0.2, 0.25) is 0 Å². The highest BCUT2D eigenvalue weighted by Crippen LogP contribution is 2.23. The van der Waals surface area contributed by atoms with E-state index in [1.54, 1.807) is 26.4 Å². The minimum atomic E-state index is -0.940. The highest BCUT2D eigenvalue weighted by atomic mass is 16.5. The van der Waals surface area contributed by atoms with Crippen molar-refractivity contribution in [1.82, 2.24) is 20.6 Å². The number of aliphatic imine (C=N–C) groups is 1.